The summed E-state index contributed by atoms with van der Waals surface area (Å²) in [6, 6.07) is 13.8. The maximum atomic E-state index is 13.0. The van der Waals surface area contributed by atoms with Crippen LogP contribution in [-0.2, 0) is 22.6 Å². The lowest BCUT2D eigenvalue weighted by atomic mass is 10.1. The Labute approximate surface area is 176 Å². The van der Waals surface area contributed by atoms with E-state index in [9.17, 15) is 9.59 Å². The number of aliphatic hydroxyl groups excluding tert-OH is 1. The third-order valence-electron chi connectivity index (χ3n) is 4.58. The molecule has 0 bridgehead atoms. The van der Waals surface area contributed by atoms with Crippen LogP contribution in [0.2, 0.25) is 5.02 Å². The second-order valence-corrected chi connectivity index (χ2v) is 7.15. The lowest BCUT2D eigenvalue weighted by Crippen LogP contribution is -2.48. The van der Waals surface area contributed by atoms with Gasteiger partial charge in [0.25, 0.3) is 0 Å². The van der Waals surface area contributed by atoms with E-state index in [1.807, 2.05) is 24.3 Å². The second kappa shape index (κ2) is 11.4. The van der Waals surface area contributed by atoms with Crippen molar-refractivity contribution >= 4 is 23.4 Å². The van der Waals surface area contributed by atoms with Gasteiger partial charge in [-0.2, -0.15) is 0 Å². The first kappa shape index (κ1) is 22.7. The minimum absolute atomic E-state index is 0.000277. The lowest BCUT2D eigenvalue weighted by molar-refractivity contribution is -0.140. The number of carbonyl (C=O) groups excluding carboxylic acids is 2. The molecule has 0 unspecified atom stereocenters. The molecule has 0 radical (unpaired) electrons. The molecule has 0 aromatic heterocycles. The molecule has 2 amide bonds. The molecule has 2 aromatic rings. The summed E-state index contributed by atoms with van der Waals surface area (Å²) in [6.07, 6.45) is 0.636. The molecule has 0 aliphatic carbocycles. The zero-order valence-corrected chi connectivity index (χ0v) is 17.5. The topological polar surface area (TPSA) is 78.9 Å². The lowest BCUT2D eigenvalue weighted by Gasteiger charge is -2.29. The van der Waals surface area contributed by atoms with Gasteiger partial charge in [-0.15, -0.1) is 0 Å². The smallest absolute Gasteiger partial charge is 0.242 e. The van der Waals surface area contributed by atoms with E-state index < -0.39 is 6.04 Å². The Bertz CT molecular complexity index is 793. The van der Waals surface area contributed by atoms with Crippen LogP contribution in [0, 0.1) is 0 Å². The molecular weight excluding hydrogens is 392 g/mol. The Balaban J connectivity index is 2.16. The van der Waals surface area contributed by atoms with Crippen LogP contribution in [0.4, 0.5) is 0 Å². The van der Waals surface area contributed by atoms with Gasteiger partial charge in [0.2, 0.25) is 11.8 Å². The summed E-state index contributed by atoms with van der Waals surface area (Å²) in [5.41, 5.74) is 1.72. The number of methoxy groups -OCH3 is 1. The van der Waals surface area contributed by atoms with Gasteiger partial charge >= 0.3 is 0 Å². The van der Waals surface area contributed by atoms with E-state index in [0.717, 1.165) is 16.9 Å². The van der Waals surface area contributed by atoms with Gasteiger partial charge in [0.1, 0.15) is 11.8 Å². The van der Waals surface area contributed by atoms with E-state index in [1.54, 1.807) is 43.2 Å². The number of benzene rings is 2. The molecule has 1 atom stereocenters. The first-order valence-corrected chi connectivity index (χ1v) is 9.87. The molecule has 29 heavy (non-hydrogen) atoms. The number of ether oxygens (including phenoxy) is 1. The van der Waals surface area contributed by atoms with Gasteiger partial charge in [-0.25, -0.2) is 0 Å². The minimum atomic E-state index is -0.657. The number of amides is 2. The SMILES string of the molecule is COc1ccc(CN(C(=O)Cc2ccc(Cl)cc2)[C@H](C)C(=O)NCCCO)cc1. The Morgan fingerprint density at radius 1 is 1.10 bits per heavy atom. The first-order chi connectivity index (χ1) is 13.9. The molecule has 6 nitrogen and oxygen atoms in total. The van der Waals surface area contributed by atoms with Crippen molar-refractivity contribution in [3.63, 3.8) is 0 Å². The molecule has 0 aliphatic rings. The molecule has 0 aliphatic heterocycles. The summed E-state index contributed by atoms with van der Waals surface area (Å²) >= 11 is 5.92. The Kier molecular flexibility index (Phi) is 8.96. The number of nitrogens with one attached hydrogen (secondary N) is 1. The molecule has 0 fully saturated rings. The molecule has 0 saturated heterocycles. The zero-order valence-electron chi connectivity index (χ0n) is 16.7. The van der Waals surface area contributed by atoms with E-state index in [2.05, 4.69) is 5.32 Å². The standard InChI is InChI=1S/C22H27ClN2O4/c1-16(22(28)24-12-3-13-26)25(15-18-6-10-20(29-2)11-7-18)21(27)14-17-4-8-19(23)9-5-17/h4-11,16,26H,3,12-15H2,1-2H3,(H,24,28)/t16-/m1/s1. The van der Waals surface area contributed by atoms with Crippen molar-refractivity contribution < 1.29 is 19.4 Å². The summed E-state index contributed by atoms with van der Waals surface area (Å²) in [5.74, 6) is 0.312. The predicted molar refractivity (Wildman–Crippen MR) is 113 cm³/mol. The molecule has 0 saturated carbocycles. The van der Waals surface area contributed by atoms with Crippen molar-refractivity contribution in [2.75, 3.05) is 20.3 Å². The van der Waals surface area contributed by atoms with Crippen LogP contribution in [0.25, 0.3) is 0 Å². The van der Waals surface area contributed by atoms with Crippen molar-refractivity contribution in [1.82, 2.24) is 10.2 Å². The Morgan fingerprint density at radius 2 is 1.72 bits per heavy atom. The number of carbonyl (C=O) groups is 2. The summed E-state index contributed by atoms with van der Waals surface area (Å²) in [6.45, 7) is 2.36. The molecule has 0 heterocycles. The van der Waals surface area contributed by atoms with Gasteiger partial charge in [-0.05, 0) is 48.7 Å². The number of hydrogen-bond donors (Lipinski definition) is 2. The van der Waals surface area contributed by atoms with Crippen molar-refractivity contribution in [3.8, 4) is 5.75 Å². The molecule has 2 N–H and O–H groups in total. The monoisotopic (exact) mass is 418 g/mol. The van der Waals surface area contributed by atoms with E-state index in [-0.39, 0.29) is 24.8 Å². The summed E-state index contributed by atoms with van der Waals surface area (Å²) < 4.78 is 5.17. The van der Waals surface area contributed by atoms with Gasteiger partial charge in [0.05, 0.1) is 13.5 Å². The van der Waals surface area contributed by atoms with Gasteiger partial charge in [0.15, 0.2) is 0 Å². The Morgan fingerprint density at radius 3 is 2.31 bits per heavy atom. The fraction of sp³-hybridized carbons (Fsp3) is 0.364. The first-order valence-electron chi connectivity index (χ1n) is 9.50. The fourth-order valence-electron chi connectivity index (χ4n) is 2.83. The largest absolute Gasteiger partial charge is 0.497 e. The van der Waals surface area contributed by atoms with Crippen molar-refractivity contribution in [3.05, 3.63) is 64.7 Å². The van der Waals surface area contributed by atoms with Gasteiger partial charge in [-0.1, -0.05) is 35.9 Å². The molecule has 7 heteroatoms. The van der Waals surface area contributed by atoms with Crippen molar-refractivity contribution in [1.29, 1.82) is 0 Å². The van der Waals surface area contributed by atoms with Gasteiger partial charge < -0.3 is 20.1 Å². The number of aliphatic hydroxyl groups is 1. The highest BCUT2D eigenvalue weighted by molar-refractivity contribution is 6.30. The Hall–Kier alpha value is -2.57. The predicted octanol–water partition coefficient (Wildman–Crippen LogP) is 2.81. The molecule has 2 aromatic carbocycles. The van der Waals surface area contributed by atoms with Crippen LogP contribution in [0.5, 0.6) is 5.75 Å². The van der Waals surface area contributed by atoms with E-state index in [4.69, 9.17) is 21.4 Å². The van der Waals surface area contributed by atoms with E-state index in [0.29, 0.717) is 24.5 Å². The quantitative estimate of drug-likeness (QED) is 0.581. The van der Waals surface area contributed by atoms with Crippen LogP contribution < -0.4 is 10.1 Å². The average Bonchev–Trinajstić information content (AvgIpc) is 2.73. The highest BCUT2D eigenvalue weighted by atomic mass is 35.5. The minimum Gasteiger partial charge on any atom is -0.497 e. The van der Waals surface area contributed by atoms with Crippen LogP contribution in [0.15, 0.2) is 48.5 Å². The number of nitrogens with zero attached hydrogens (tertiary/aromatic N) is 1. The zero-order chi connectivity index (χ0) is 21.2. The van der Waals surface area contributed by atoms with Crippen LogP contribution >= 0.6 is 11.6 Å². The second-order valence-electron chi connectivity index (χ2n) is 6.72. The molecule has 2 rings (SSSR count). The van der Waals surface area contributed by atoms with Crippen LogP contribution in [-0.4, -0.2) is 48.1 Å². The number of halogens is 1. The van der Waals surface area contributed by atoms with Crippen molar-refractivity contribution in [2.45, 2.75) is 32.4 Å². The highest BCUT2D eigenvalue weighted by Gasteiger charge is 2.26. The third kappa shape index (κ3) is 7.07. The van der Waals surface area contributed by atoms with Gasteiger partial charge in [-0.3, -0.25) is 9.59 Å². The number of hydrogen-bond acceptors (Lipinski definition) is 4. The van der Waals surface area contributed by atoms with E-state index >= 15 is 0 Å². The van der Waals surface area contributed by atoms with E-state index in [1.165, 1.54) is 0 Å². The average molecular weight is 419 g/mol. The molecular formula is C22H27ClN2O4. The van der Waals surface area contributed by atoms with Crippen LogP contribution in [0.3, 0.4) is 0 Å². The maximum absolute atomic E-state index is 13.0. The van der Waals surface area contributed by atoms with Crippen LogP contribution in [0.1, 0.15) is 24.5 Å². The molecule has 0 spiro atoms. The molecule has 156 valence electrons. The fourth-order valence-corrected chi connectivity index (χ4v) is 2.95. The summed E-state index contributed by atoms with van der Waals surface area (Å²) in [5, 5.41) is 12.3. The van der Waals surface area contributed by atoms with Gasteiger partial charge in [0, 0.05) is 24.7 Å². The highest BCUT2D eigenvalue weighted by Crippen LogP contribution is 2.17. The summed E-state index contributed by atoms with van der Waals surface area (Å²) in [7, 11) is 1.59. The maximum Gasteiger partial charge on any atom is 0.242 e. The third-order valence-corrected chi connectivity index (χ3v) is 4.83. The summed E-state index contributed by atoms with van der Waals surface area (Å²) in [4.78, 5) is 27.1. The van der Waals surface area contributed by atoms with Crippen molar-refractivity contribution in [2.24, 2.45) is 0 Å². The number of rotatable bonds is 10. The normalized spacial score (nSPS) is 11.6.